The summed E-state index contributed by atoms with van der Waals surface area (Å²) in [5, 5.41) is 5.78. The molecular weight excluding hydrogens is 376 g/mol. The molecule has 0 aliphatic rings. The third-order valence-corrected chi connectivity index (χ3v) is 3.87. The Hall–Kier alpha value is -3.19. The highest BCUT2D eigenvalue weighted by Gasteiger charge is 2.14. The van der Waals surface area contributed by atoms with Gasteiger partial charge in [-0.3, -0.25) is 4.79 Å². The molecule has 1 heterocycles. The molecule has 3 aromatic rings. The van der Waals surface area contributed by atoms with Crippen LogP contribution in [-0.2, 0) is 0 Å². The van der Waals surface area contributed by atoms with Crippen LogP contribution >= 0.6 is 11.6 Å². The zero-order valence-corrected chi connectivity index (χ0v) is 14.8. The number of pyridine rings is 1. The van der Waals surface area contributed by atoms with Gasteiger partial charge in [0.1, 0.15) is 28.8 Å². The van der Waals surface area contributed by atoms with E-state index in [-0.39, 0.29) is 5.69 Å². The molecule has 8 heteroatoms. The predicted molar refractivity (Wildman–Crippen MR) is 99.8 cm³/mol. The second kappa shape index (κ2) is 8.01. The van der Waals surface area contributed by atoms with Crippen LogP contribution in [0.1, 0.15) is 10.5 Å². The largest absolute Gasteiger partial charge is 0.495 e. The molecule has 2 N–H and O–H groups in total. The van der Waals surface area contributed by atoms with Gasteiger partial charge < -0.3 is 15.4 Å². The van der Waals surface area contributed by atoms with Crippen LogP contribution in [0.4, 0.5) is 25.8 Å². The average molecular weight is 390 g/mol. The summed E-state index contributed by atoms with van der Waals surface area (Å²) >= 11 is 5.98. The van der Waals surface area contributed by atoms with E-state index in [1.54, 1.807) is 24.3 Å². The second-order valence-corrected chi connectivity index (χ2v) is 5.89. The lowest BCUT2D eigenvalue weighted by molar-refractivity contribution is 0.102. The molecule has 0 bridgehead atoms. The summed E-state index contributed by atoms with van der Waals surface area (Å²) in [4.78, 5) is 16.2. The van der Waals surface area contributed by atoms with Crippen molar-refractivity contribution in [1.82, 2.24) is 4.98 Å². The predicted octanol–water partition coefficient (Wildman–Crippen LogP) is 5.02. The van der Waals surface area contributed by atoms with Gasteiger partial charge in [-0.05, 0) is 42.5 Å². The monoisotopic (exact) mass is 389 g/mol. The van der Waals surface area contributed by atoms with Gasteiger partial charge in [0.05, 0.1) is 24.7 Å². The molecule has 0 saturated heterocycles. The molecule has 5 nitrogen and oxygen atoms in total. The van der Waals surface area contributed by atoms with Gasteiger partial charge in [-0.15, -0.1) is 0 Å². The molecule has 0 aliphatic carbocycles. The summed E-state index contributed by atoms with van der Waals surface area (Å²) in [6.45, 7) is 0. The number of halogens is 3. The fourth-order valence-electron chi connectivity index (χ4n) is 2.33. The molecule has 0 saturated carbocycles. The van der Waals surface area contributed by atoms with Crippen LogP contribution in [0.15, 0.2) is 54.7 Å². The second-order valence-electron chi connectivity index (χ2n) is 5.45. The van der Waals surface area contributed by atoms with Gasteiger partial charge >= 0.3 is 0 Å². The first kappa shape index (κ1) is 18.6. The molecule has 3 rings (SSSR count). The summed E-state index contributed by atoms with van der Waals surface area (Å²) in [7, 11) is 1.53. The normalized spacial score (nSPS) is 10.4. The van der Waals surface area contributed by atoms with Crippen molar-refractivity contribution in [3.63, 3.8) is 0 Å². The lowest BCUT2D eigenvalue weighted by Crippen LogP contribution is -2.15. The zero-order chi connectivity index (χ0) is 19.4. The number of hydrogen-bond donors (Lipinski definition) is 2. The van der Waals surface area contributed by atoms with Crippen LogP contribution < -0.4 is 15.4 Å². The van der Waals surface area contributed by atoms with Crippen molar-refractivity contribution in [3.05, 3.63) is 77.1 Å². The van der Waals surface area contributed by atoms with Crippen molar-refractivity contribution < 1.29 is 18.3 Å². The molecule has 0 aliphatic heterocycles. The Bertz CT molecular complexity index is 961. The highest BCUT2D eigenvalue weighted by molar-refractivity contribution is 6.31. The minimum atomic E-state index is -0.866. The lowest BCUT2D eigenvalue weighted by Gasteiger charge is -2.12. The molecule has 0 atom stereocenters. The van der Waals surface area contributed by atoms with Crippen molar-refractivity contribution in [2.45, 2.75) is 0 Å². The van der Waals surface area contributed by atoms with E-state index >= 15 is 0 Å². The first-order valence-corrected chi connectivity index (χ1v) is 8.17. The van der Waals surface area contributed by atoms with Crippen molar-refractivity contribution in [3.8, 4) is 5.75 Å². The van der Waals surface area contributed by atoms with Crippen LogP contribution in [0, 0.1) is 11.6 Å². The zero-order valence-electron chi connectivity index (χ0n) is 14.1. The highest BCUT2D eigenvalue weighted by Crippen LogP contribution is 2.30. The number of amides is 1. The van der Waals surface area contributed by atoms with E-state index in [0.717, 1.165) is 12.1 Å². The van der Waals surface area contributed by atoms with E-state index in [9.17, 15) is 13.6 Å². The van der Waals surface area contributed by atoms with Gasteiger partial charge in [-0.1, -0.05) is 17.7 Å². The highest BCUT2D eigenvalue weighted by atomic mass is 35.5. The number of aromatic nitrogens is 1. The Morgan fingerprint density at radius 1 is 1.11 bits per heavy atom. The summed E-state index contributed by atoms with van der Waals surface area (Å²) in [6, 6.07) is 11.4. The maximum atomic E-state index is 13.6. The number of carbonyl (C=O) groups is 1. The third kappa shape index (κ3) is 4.32. The molecule has 138 valence electrons. The first-order chi connectivity index (χ1) is 13.0. The Morgan fingerprint density at radius 3 is 2.48 bits per heavy atom. The Kier molecular flexibility index (Phi) is 5.52. The summed E-state index contributed by atoms with van der Waals surface area (Å²) in [5.41, 5.74) is 0.679. The van der Waals surface area contributed by atoms with Crippen LogP contribution in [0.2, 0.25) is 5.02 Å². The first-order valence-electron chi connectivity index (χ1n) is 7.80. The number of nitrogens with zero attached hydrogens (tertiary/aromatic N) is 1. The fraction of sp³-hybridized carbons (Fsp3) is 0.0526. The number of anilines is 3. The molecule has 1 aromatic heterocycles. The average Bonchev–Trinajstić information content (AvgIpc) is 2.65. The van der Waals surface area contributed by atoms with E-state index in [1.165, 1.54) is 25.4 Å². The Morgan fingerprint density at radius 2 is 1.85 bits per heavy atom. The van der Waals surface area contributed by atoms with Crippen molar-refractivity contribution in [2.24, 2.45) is 0 Å². The SMILES string of the molecule is COc1ccc(Cl)cc1Nc1ccc(C(=O)Nc2c(F)cccc2F)nc1. The number of nitrogens with one attached hydrogen (secondary N) is 2. The topological polar surface area (TPSA) is 63.2 Å². The maximum absolute atomic E-state index is 13.6. The van der Waals surface area contributed by atoms with Crippen LogP contribution in [0.3, 0.4) is 0 Å². The van der Waals surface area contributed by atoms with Crippen molar-refractivity contribution in [1.29, 1.82) is 0 Å². The number of ether oxygens (including phenoxy) is 1. The van der Waals surface area contributed by atoms with Gasteiger partial charge in [0.15, 0.2) is 0 Å². The smallest absolute Gasteiger partial charge is 0.274 e. The lowest BCUT2D eigenvalue weighted by atomic mass is 10.2. The minimum Gasteiger partial charge on any atom is -0.495 e. The summed E-state index contributed by atoms with van der Waals surface area (Å²) < 4.78 is 32.5. The van der Waals surface area contributed by atoms with Gasteiger partial charge in [0.25, 0.3) is 5.91 Å². The molecule has 2 aromatic carbocycles. The molecule has 27 heavy (non-hydrogen) atoms. The Labute approximate surface area is 159 Å². The molecule has 0 fully saturated rings. The van der Waals surface area contributed by atoms with Crippen LogP contribution in [0.25, 0.3) is 0 Å². The summed E-state index contributed by atoms with van der Waals surface area (Å²) in [5.74, 6) is -1.88. The van der Waals surface area contributed by atoms with Crippen LogP contribution in [-0.4, -0.2) is 18.0 Å². The number of methoxy groups -OCH3 is 1. The fourth-order valence-corrected chi connectivity index (χ4v) is 2.50. The number of carbonyl (C=O) groups excluding carboxylic acids is 1. The molecule has 1 amide bonds. The Balaban J connectivity index is 1.76. The van der Waals surface area contributed by atoms with Crippen molar-refractivity contribution in [2.75, 3.05) is 17.7 Å². The van der Waals surface area contributed by atoms with Gasteiger partial charge in [0, 0.05) is 5.02 Å². The van der Waals surface area contributed by atoms with Gasteiger partial charge in [0.2, 0.25) is 0 Å². The maximum Gasteiger partial charge on any atom is 0.274 e. The van der Waals surface area contributed by atoms with E-state index in [0.29, 0.717) is 22.1 Å². The molecular formula is C19H14ClF2N3O2. The number of para-hydroxylation sites is 1. The number of rotatable bonds is 5. The van der Waals surface area contributed by atoms with E-state index in [1.807, 2.05) is 0 Å². The van der Waals surface area contributed by atoms with Crippen LogP contribution in [0.5, 0.6) is 5.75 Å². The molecule has 0 spiro atoms. The standard InChI is InChI=1S/C19H14ClF2N3O2/c1-27-17-8-5-11(20)9-16(17)24-12-6-7-15(23-10-12)19(26)25-18-13(21)3-2-4-14(18)22/h2-10,24H,1H3,(H,25,26). The quantitative estimate of drug-likeness (QED) is 0.643. The molecule has 0 unspecified atom stereocenters. The summed E-state index contributed by atoms with van der Waals surface area (Å²) in [6.07, 6.45) is 1.41. The van der Waals surface area contributed by atoms with Gasteiger partial charge in [-0.25, -0.2) is 13.8 Å². The number of hydrogen-bond acceptors (Lipinski definition) is 4. The third-order valence-electron chi connectivity index (χ3n) is 3.64. The minimum absolute atomic E-state index is 0.00117. The van der Waals surface area contributed by atoms with Gasteiger partial charge in [-0.2, -0.15) is 0 Å². The van der Waals surface area contributed by atoms with E-state index in [4.69, 9.17) is 16.3 Å². The number of benzene rings is 2. The molecule has 0 radical (unpaired) electrons. The van der Waals surface area contributed by atoms with E-state index in [2.05, 4.69) is 15.6 Å². The van der Waals surface area contributed by atoms with E-state index < -0.39 is 23.2 Å². The van der Waals surface area contributed by atoms with Crippen molar-refractivity contribution >= 4 is 34.6 Å².